The van der Waals surface area contributed by atoms with Gasteiger partial charge in [-0.05, 0) is 26.0 Å². The molecule has 0 aliphatic carbocycles. The van der Waals surface area contributed by atoms with E-state index in [1.807, 2.05) is 6.92 Å². The van der Waals surface area contributed by atoms with E-state index in [9.17, 15) is 9.18 Å². The summed E-state index contributed by atoms with van der Waals surface area (Å²) in [4.78, 5) is 11.7. The number of nitrogens with two attached hydrogens (primary N) is 1. The summed E-state index contributed by atoms with van der Waals surface area (Å²) >= 11 is 1.20. The summed E-state index contributed by atoms with van der Waals surface area (Å²) in [5, 5.41) is 10.7. The molecule has 8 heteroatoms. The second-order valence-corrected chi connectivity index (χ2v) is 5.65. The van der Waals surface area contributed by atoms with Crippen LogP contribution in [0.4, 0.5) is 4.39 Å². The lowest BCUT2D eigenvalue weighted by Gasteiger charge is -2.10. The number of amides is 1. The number of nitrogens with zero attached hydrogens (tertiary/aromatic N) is 3. The highest BCUT2D eigenvalue weighted by atomic mass is 32.2. The van der Waals surface area contributed by atoms with E-state index in [1.165, 1.54) is 28.6 Å². The van der Waals surface area contributed by atoms with Gasteiger partial charge in [-0.3, -0.25) is 4.79 Å². The molecule has 0 spiro atoms. The summed E-state index contributed by atoms with van der Waals surface area (Å²) < 4.78 is 14.5. The number of thioether (sulfide) groups is 1. The fraction of sp³-hybridized carbons (Fsp3) is 0.308. The minimum atomic E-state index is -0.375. The largest absolute Gasteiger partial charge is 0.355 e. The van der Waals surface area contributed by atoms with Crippen molar-refractivity contribution in [1.82, 2.24) is 20.2 Å². The SMILES string of the molecule is CCNC(=O)[C@H](C)Sc1nnc(-c2cccc(F)c2)n1N. The summed E-state index contributed by atoms with van der Waals surface area (Å²) in [7, 11) is 0. The van der Waals surface area contributed by atoms with Gasteiger partial charge in [0.25, 0.3) is 0 Å². The molecule has 21 heavy (non-hydrogen) atoms. The van der Waals surface area contributed by atoms with E-state index in [1.54, 1.807) is 19.1 Å². The molecule has 0 aliphatic rings. The molecule has 112 valence electrons. The number of rotatable bonds is 5. The minimum Gasteiger partial charge on any atom is -0.355 e. The first-order valence-electron chi connectivity index (χ1n) is 6.43. The highest BCUT2D eigenvalue weighted by Crippen LogP contribution is 2.24. The van der Waals surface area contributed by atoms with Crippen molar-refractivity contribution in [3.8, 4) is 11.4 Å². The number of benzene rings is 1. The molecule has 2 rings (SSSR count). The Morgan fingerprint density at radius 1 is 1.52 bits per heavy atom. The Labute approximate surface area is 125 Å². The van der Waals surface area contributed by atoms with Crippen LogP contribution in [0.25, 0.3) is 11.4 Å². The van der Waals surface area contributed by atoms with Crippen LogP contribution < -0.4 is 11.2 Å². The fourth-order valence-corrected chi connectivity index (χ4v) is 2.51. The van der Waals surface area contributed by atoms with E-state index >= 15 is 0 Å². The Morgan fingerprint density at radius 3 is 2.95 bits per heavy atom. The van der Waals surface area contributed by atoms with Crippen molar-refractivity contribution in [2.45, 2.75) is 24.3 Å². The first kappa shape index (κ1) is 15.3. The first-order valence-corrected chi connectivity index (χ1v) is 7.31. The van der Waals surface area contributed by atoms with Crippen molar-refractivity contribution in [3.63, 3.8) is 0 Å². The molecule has 1 atom stereocenters. The van der Waals surface area contributed by atoms with Gasteiger partial charge in [0, 0.05) is 12.1 Å². The van der Waals surface area contributed by atoms with Gasteiger partial charge >= 0.3 is 0 Å². The van der Waals surface area contributed by atoms with Crippen LogP contribution in [-0.4, -0.2) is 32.6 Å². The van der Waals surface area contributed by atoms with Crippen LogP contribution in [0.2, 0.25) is 0 Å². The zero-order valence-electron chi connectivity index (χ0n) is 11.7. The van der Waals surface area contributed by atoms with Crippen LogP contribution in [0.3, 0.4) is 0 Å². The number of carbonyl (C=O) groups is 1. The van der Waals surface area contributed by atoms with Crippen molar-refractivity contribution < 1.29 is 9.18 Å². The Hall–Kier alpha value is -2.09. The van der Waals surface area contributed by atoms with Gasteiger partial charge in [0.2, 0.25) is 11.1 Å². The van der Waals surface area contributed by atoms with Crippen molar-refractivity contribution >= 4 is 17.7 Å². The third kappa shape index (κ3) is 3.52. The van der Waals surface area contributed by atoms with Gasteiger partial charge in [0.15, 0.2) is 5.82 Å². The van der Waals surface area contributed by atoms with Gasteiger partial charge in [0.05, 0.1) is 5.25 Å². The molecule has 0 aliphatic heterocycles. The monoisotopic (exact) mass is 309 g/mol. The molecule has 3 N–H and O–H groups in total. The molecule has 0 saturated heterocycles. The molecular formula is C13H16FN5OS. The highest BCUT2D eigenvalue weighted by molar-refractivity contribution is 8.00. The average molecular weight is 309 g/mol. The summed E-state index contributed by atoms with van der Waals surface area (Å²) in [5.74, 6) is 5.80. The number of halogens is 1. The minimum absolute atomic E-state index is 0.0993. The molecule has 2 aromatic rings. The lowest BCUT2D eigenvalue weighted by Crippen LogP contribution is -2.31. The lowest BCUT2D eigenvalue weighted by atomic mass is 10.2. The molecule has 6 nitrogen and oxygen atoms in total. The molecule has 0 radical (unpaired) electrons. The number of nitrogen functional groups attached to an aromatic ring is 1. The average Bonchev–Trinajstić information content (AvgIpc) is 2.80. The molecule has 1 heterocycles. The van der Waals surface area contributed by atoms with Crippen LogP contribution in [0.5, 0.6) is 0 Å². The Kier molecular flexibility index (Phi) is 4.79. The van der Waals surface area contributed by atoms with Crippen LogP contribution in [0.1, 0.15) is 13.8 Å². The number of hydrogen-bond donors (Lipinski definition) is 2. The summed E-state index contributed by atoms with van der Waals surface area (Å²) in [5.41, 5.74) is 0.530. The van der Waals surface area contributed by atoms with Gasteiger partial charge in [-0.1, -0.05) is 23.9 Å². The quantitative estimate of drug-likeness (QED) is 0.644. The number of hydrogen-bond acceptors (Lipinski definition) is 5. The molecule has 0 fully saturated rings. The van der Waals surface area contributed by atoms with E-state index in [0.29, 0.717) is 23.1 Å². The van der Waals surface area contributed by atoms with Crippen LogP contribution in [-0.2, 0) is 4.79 Å². The topological polar surface area (TPSA) is 85.8 Å². The van der Waals surface area contributed by atoms with E-state index in [-0.39, 0.29) is 17.0 Å². The maximum Gasteiger partial charge on any atom is 0.233 e. The van der Waals surface area contributed by atoms with Crippen LogP contribution in [0.15, 0.2) is 29.4 Å². The molecule has 0 bridgehead atoms. The van der Waals surface area contributed by atoms with Gasteiger partial charge in [-0.25, -0.2) is 9.07 Å². The van der Waals surface area contributed by atoms with Crippen molar-refractivity contribution in [3.05, 3.63) is 30.1 Å². The second-order valence-electron chi connectivity index (χ2n) is 4.34. The summed E-state index contributed by atoms with van der Waals surface area (Å²) in [6, 6.07) is 5.93. The maximum atomic E-state index is 13.2. The van der Waals surface area contributed by atoms with E-state index < -0.39 is 0 Å². The van der Waals surface area contributed by atoms with E-state index in [0.717, 1.165) is 0 Å². The Morgan fingerprint density at radius 2 is 2.29 bits per heavy atom. The van der Waals surface area contributed by atoms with E-state index in [4.69, 9.17) is 5.84 Å². The summed E-state index contributed by atoms with van der Waals surface area (Å²) in [6.45, 7) is 4.17. The zero-order chi connectivity index (χ0) is 15.4. The van der Waals surface area contributed by atoms with Crippen LogP contribution in [0, 0.1) is 5.82 Å². The first-order chi connectivity index (χ1) is 10.0. The number of nitrogens with one attached hydrogen (secondary N) is 1. The number of aromatic nitrogens is 3. The normalized spacial score (nSPS) is 12.1. The molecule has 0 saturated carbocycles. The third-order valence-electron chi connectivity index (χ3n) is 2.75. The van der Waals surface area contributed by atoms with E-state index in [2.05, 4.69) is 15.5 Å². The zero-order valence-corrected chi connectivity index (χ0v) is 12.5. The van der Waals surface area contributed by atoms with Gasteiger partial charge in [0.1, 0.15) is 5.82 Å². The highest BCUT2D eigenvalue weighted by Gasteiger charge is 2.19. The van der Waals surface area contributed by atoms with Crippen molar-refractivity contribution in [2.75, 3.05) is 12.4 Å². The molecule has 1 aromatic carbocycles. The summed E-state index contributed by atoms with van der Waals surface area (Å²) in [6.07, 6.45) is 0. The third-order valence-corrected chi connectivity index (χ3v) is 3.81. The maximum absolute atomic E-state index is 13.2. The Balaban J connectivity index is 2.19. The standard InChI is InChI=1S/C13H16FN5OS/c1-3-16-12(20)8(2)21-13-18-17-11(19(13)15)9-5-4-6-10(14)7-9/h4-8H,3,15H2,1-2H3,(H,16,20)/t8-/m0/s1. The van der Waals surface area contributed by atoms with Crippen LogP contribution >= 0.6 is 11.8 Å². The van der Waals surface area contributed by atoms with Gasteiger partial charge in [-0.15, -0.1) is 10.2 Å². The molecule has 1 aromatic heterocycles. The predicted molar refractivity (Wildman–Crippen MR) is 79.6 cm³/mol. The smallest absolute Gasteiger partial charge is 0.233 e. The molecule has 0 unspecified atom stereocenters. The fourth-order valence-electron chi connectivity index (χ4n) is 1.71. The second kappa shape index (κ2) is 6.57. The lowest BCUT2D eigenvalue weighted by molar-refractivity contribution is -0.120. The van der Waals surface area contributed by atoms with Gasteiger partial charge < -0.3 is 11.2 Å². The van der Waals surface area contributed by atoms with Crippen molar-refractivity contribution in [1.29, 1.82) is 0 Å². The molecular weight excluding hydrogens is 293 g/mol. The molecule has 1 amide bonds. The predicted octanol–water partition coefficient (Wildman–Crippen LogP) is 1.41. The van der Waals surface area contributed by atoms with Crippen molar-refractivity contribution in [2.24, 2.45) is 0 Å². The number of carbonyl (C=O) groups excluding carboxylic acids is 1. The van der Waals surface area contributed by atoms with Gasteiger partial charge in [-0.2, -0.15) is 0 Å². The Bertz CT molecular complexity index is 645.